The molecule has 0 N–H and O–H groups in total. The second-order valence-electron chi connectivity index (χ2n) is 7.13. The van der Waals surface area contributed by atoms with Gasteiger partial charge in [0, 0.05) is 38.8 Å². The highest BCUT2D eigenvalue weighted by Crippen LogP contribution is 2.31. The predicted molar refractivity (Wildman–Crippen MR) is 108 cm³/mol. The van der Waals surface area contributed by atoms with Crippen LogP contribution in [0.1, 0.15) is 5.69 Å². The van der Waals surface area contributed by atoms with Crippen molar-refractivity contribution in [1.82, 2.24) is 15.0 Å². The number of fused-ring (bicyclic) bond motifs is 1. The molecule has 2 aliphatic rings. The van der Waals surface area contributed by atoms with Crippen LogP contribution in [0.25, 0.3) is 10.6 Å². The molecule has 150 valence electrons. The fourth-order valence-electron chi connectivity index (χ4n) is 3.62. The molecule has 4 heterocycles. The van der Waals surface area contributed by atoms with Crippen molar-refractivity contribution in [3.05, 3.63) is 53.5 Å². The van der Waals surface area contributed by atoms with Gasteiger partial charge in [-0.25, -0.2) is 0 Å². The molecule has 3 aromatic rings. The summed E-state index contributed by atoms with van der Waals surface area (Å²) in [6.07, 6.45) is -0.583. The third-order valence-electron chi connectivity index (χ3n) is 5.18. The molecule has 0 saturated carbocycles. The smallest absolute Gasteiger partial charge is 0.267 e. The van der Waals surface area contributed by atoms with Gasteiger partial charge in [0.1, 0.15) is 6.61 Å². The van der Waals surface area contributed by atoms with Crippen molar-refractivity contribution in [2.45, 2.75) is 12.6 Å². The zero-order valence-electron chi connectivity index (χ0n) is 15.8. The molecule has 0 radical (unpaired) electrons. The van der Waals surface area contributed by atoms with E-state index in [2.05, 4.69) is 10.1 Å². The summed E-state index contributed by atoms with van der Waals surface area (Å²) in [6, 6.07) is 13.5. The molecule has 2 aliphatic heterocycles. The largest absolute Gasteiger partial charge is 0.485 e. The lowest BCUT2D eigenvalue weighted by atomic mass is 10.2. The van der Waals surface area contributed by atoms with Crippen LogP contribution >= 0.6 is 11.3 Å². The zero-order chi connectivity index (χ0) is 19.6. The van der Waals surface area contributed by atoms with Crippen molar-refractivity contribution in [1.29, 1.82) is 0 Å². The van der Waals surface area contributed by atoms with Gasteiger partial charge >= 0.3 is 0 Å². The summed E-state index contributed by atoms with van der Waals surface area (Å²) in [5.74, 6) is 2.11. The van der Waals surface area contributed by atoms with Crippen LogP contribution < -0.4 is 9.47 Å². The van der Waals surface area contributed by atoms with Gasteiger partial charge in [0.05, 0.1) is 10.6 Å². The first-order valence-electron chi connectivity index (χ1n) is 9.65. The molecule has 29 heavy (non-hydrogen) atoms. The van der Waals surface area contributed by atoms with E-state index in [9.17, 15) is 4.79 Å². The molecule has 1 amide bonds. The second kappa shape index (κ2) is 7.88. The van der Waals surface area contributed by atoms with Crippen LogP contribution in [-0.4, -0.2) is 59.8 Å². The van der Waals surface area contributed by atoms with Crippen LogP contribution in [0, 0.1) is 0 Å². The number of piperazine rings is 1. The maximum Gasteiger partial charge on any atom is 0.267 e. The fraction of sp³-hybridized carbons (Fsp3) is 0.333. The number of rotatable bonds is 4. The van der Waals surface area contributed by atoms with Gasteiger partial charge in [-0.2, -0.15) is 0 Å². The van der Waals surface area contributed by atoms with Gasteiger partial charge in [0.15, 0.2) is 17.3 Å². The van der Waals surface area contributed by atoms with E-state index < -0.39 is 6.10 Å². The average Bonchev–Trinajstić information content (AvgIpc) is 3.45. The maximum atomic E-state index is 12.8. The number of hydrogen-bond donors (Lipinski definition) is 0. The number of hydrogen-bond acceptors (Lipinski definition) is 7. The first-order valence-corrected chi connectivity index (χ1v) is 10.5. The monoisotopic (exact) mass is 411 g/mol. The van der Waals surface area contributed by atoms with Crippen LogP contribution in [0.5, 0.6) is 11.5 Å². The van der Waals surface area contributed by atoms with Crippen LogP contribution in [0.15, 0.2) is 52.4 Å². The van der Waals surface area contributed by atoms with Gasteiger partial charge in [-0.15, -0.1) is 11.3 Å². The predicted octanol–water partition coefficient (Wildman–Crippen LogP) is 2.89. The molecular weight excluding hydrogens is 390 g/mol. The summed E-state index contributed by atoms with van der Waals surface area (Å²) >= 11 is 1.63. The summed E-state index contributed by atoms with van der Waals surface area (Å²) in [5.41, 5.74) is 0.911. The highest BCUT2D eigenvalue weighted by molar-refractivity contribution is 7.13. The number of ether oxygens (including phenoxy) is 2. The quantitative estimate of drug-likeness (QED) is 0.658. The van der Waals surface area contributed by atoms with E-state index in [4.69, 9.17) is 14.0 Å². The van der Waals surface area contributed by atoms with E-state index in [0.29, 0.717) is 31.1 Å². The lowest BCUT2D eigenvalue weighted by molar-refractivity contribution is -0.143. The molecule has 5 rings (SSSR count). The number of nitrogens with zero attached hydrogens (tertiary/aromatic N) is 3. The minimum absolute atomic E-state index is 0.0134. The topological polar surface area (TPSA) is 68.0 Å². The Bertz CT molecular complexity index is 979. The first-order chi connectivity index (χ1) is 14.3. The van der Waals surface area contributed by atoms with E-state index in [1.54, 1.807) is 11.3 Å². The number of thiophene rings is 1. The Labute approximate surface area is 172 Å². The summed E-state index contributed by atoms with van der Waals surface area (Å²) < 4.78 is 17.0. The second-order valence-corrected chi connectivity index (χ2v) is 8.07. The summed E-state index contributed by atoms with van der Waals surface area (Å²) in [6.45, 7) is 3.87. The summed E-state index contributed by atoms with van der Waals surface area (Å²) in [4.78, 5) is 18.1. The molecule has 0 spiro atoms. The van der Waals surface area contributed by atoms with Crippen molar-refractivity contribution in [2.24, 2.45) is 0 Å². The highest BCUT2D eigenvalue weighted by atomic mass is 32.1. The molecule has 1 fully saturated rings. The Morgan fingerprint density at radius 1 is 1.10 bits per heavy atom. The third-order valence-corrected chi connectivity index (χ3v) is 6.06. The van der Waals surface area contributed by atoms with Gasteiger partial charge in [0.2, 0.25) is 6.10 Å². The Hall–Kier alpha value is -2.84. The molecule has 0 bridgehead atoms. The fourth-order valence-corrected chi connectivity index (χ4v) is 4.29. The van der Waals surface area contributed by atoms with Crippen LogP contribution in [0.2, 0.25) is 0 Å². The Morgan fingerprint density at radius 2 is 1.93 bits per heavy atom. The van der Waals surface area contributed by atoms with Crippen LogP contribution in [0.4, 0.5) is 0 Å². The number of carbonyl (C=O) groups is 1. The van der Waals surface area contributed by atoms with E-state index in [-0.39, 0.29) is 12.5 Å². The van der Waals surface area contributed by atoms with E-state index >= 15 is 0 Å². The Kier molecular flexibility index (Phi) is 4.95. The van der Waals surface area contributed by atoms with Gasteiger partial charge in [-0.3, -0.25) is 9.69 Å². The standard InChI is InChI=1S/C21H21N3O4S/c25-21(19-14-26-16-4-1-2-5-17(16)27-19)24-9-7-23(8-10-24)13-15-12-18(28-22-15)20-6-3-11-29-20/h1-6,11-12,19H,7-10,13-14H2/t19-/m1/s1. The molecule has 7 nitrogen and oxygen atoms in total. The lowest BCUT2D eigenvalue weighted by Gasteiger charge is -2.36. The third kappa shape index (κ3) is 3.86. The molecule has 1 atom stereocenters. The Morgan fingerprint density at radius 3 is 2.72 bits per heavy atom. The van der Waals surface area contributed by atoms with Crippen molar-refractivity contribution >= 4 is 17.2 Å². The number of benzene rings is 1. The zero-order valence-corrected chi connectivity index (χ0v) is 16.6. The van der Waals surface area contributed by atoms with E-state index in [1.165, 1.54) is 0 Å². The van der Waals surface area contributed by atoms with Gasteiger partial charge in [-0.1, -0.05) is 23.4 Å². The lowest BCUT2D eigenvalue weighted by Crippen LogP contribution is -2.53. The highest BCUT2D eigenvalue weighted by Gasteiger charge is 2.32. The normalized spacial score (nSPS) is 19.3. The SMILES string of the molecule is O=C([C@H]1COc2ccccc2O1)N1CCN(Cc2cc(-c3cccs3)on2)CC1. The minimum Gasteiger partial charge on any atom is -0.485 e. The Balaban J connectivity index is 1.14. The molecule has 2 aromatic heterocycles. The molecule has 1 aromatic carbocycles. The maximum absolute atomic E-state index is 12.8. The number of para-hydroxylation sites is 2. The van der Waals surface area contributed by atoms with Gasteiger partial charge < -0.3 is 18.9 Å². The minimum atomic E-state index is -0.583. The van der Waals surface area contributed by atoms with Crippen LogP contribution in [-0.2, 0) is 11.3 Å². The number of amides is 1. The van der Waals surface area contributed by atoms with Crippen molar-refractivity contribution < 1.29 is 18.8 Å². The van der Waals surface area contributed by atoms with E-state index in [1.807, 2.05) is 52.7 Å². The molecule has 8 heteroatoms. The molecule has 0 aliphatic carbocycles. The average molecular weight is 411 g/mol. The van der Waals surface area contributed by atoms with E-state index in [0.717, 1.165) is 29.4 Å². The van der Waals surface area contributed by atoms with Crippen molar-refractivity contribution in [3.8, 4) is 22.1 Å². The summed E-state index contributed by atoms with van der Waals surface area (Å²) in [5, 5.41) is 6.21. The number of aromatic nitrogens is 1. The first kappa shape index (κ1) is 18.2. The summed E-state index contributed by atoms with van der Waals surface area (Å²) in [7, 11) is 0. The number of carbonyl (C=O) groups excluding carboxylic acids is 1. The van der Waals surface area contributed by atoms with Crippen molar-refractivity contribution in [3.63, 3.8) is 0 Å². The molecule has 0 unspecified atom stereocenters. The molecular formula is C21H21N3O4S. The van der Waals surface area contributed by atoms with Gasteiger partial charge in [-0.05, 0) is 23.6 Å². The molecule has 1 saturated heterocycles. The van der Waals surface area contributed by atoms with Crippen LogP contribution in [0.3, 0.4) is 0 Å². The van der Waals surface area contributed by atoms with Crippen molar-refractivity contribution in [2.75, 3.05) is 32.8 Å². The van der Waals surface area contributed by atoms with Gasteiger partial charge in [0.25, 0.3) is 5.91 Å².